The van der Waals surface area contributed by atoms with Crippen LogP contribution in [-0.4, -0.2) is 15.5 Å². The summed E-state index contributed by atoms with van der Waals surface area (Å²) >= 11 is 5.80. The monoisotopic (exact) mass is 343 g/mol. The fourth-order valence-corrected chi connectivity index (χ4v) is 3.49. The molecule has 2 rings (SSSR count). The lowest BCUT2D eigenvalue weighted by molar-refractivity contribution is 0.386. The molecule has 7 heteroatoms. The predicted octanol–water partition coefficient (Wildman–Crippen LogP) is 3.53. The molecule has 0 saturated carbocycles. The maximum atomic E-state index is 13.7. The highest BCUT2D eigenvalue weighted by Gasteiger charge is 2.19. The van der Waals surface area contributed by atoms with E-state index >= 15 is 0 Å². The minimum atomic E-state index is -3.75. The highest BCUT2D eigenvalue weighted by molar-refractivity contribution is 7.89. The molecule has 0 bridgehead atoms. The SMILES string of the molecule is COc1ccc(C(C)NS(=O)(=O)c2cccc(Cl)c2)cc1F. The normalized spacial score (nSPS) is 12.9. The van der Waals surface area contributed by atoms with Gasteiger partial charge in [-0.05, 0) is 42.8 Å². The van der Waals surface area contributed by atoms with Crippen molar-refractivity contribution in [3.8, 4) is 5.75 Å². The lowest BCUT2D eigenvalue weighted by atomic mass is 10.1. The van der Waals surface area contributed by atoms with Crippen LogP contribution < -0.4 is 9.46 Å². The van der Waals surface area contributed by atoms with Crippen LogP contribution in [0.2, 0.25) is 5.02 Å². The average molecular weight is 344 g/mol. The molecular weight excluding hydrogens is 329 g/mol. The van der Waals surface area contributed by atoms with Gasteiger partial charge in [-0.3, -0.25) is 0 Å². The Labute approximate surface area is 133 Å². The van der Waals surface area contributed by atoms with Crippen LogP contribution in [0.15, 0.2) is 47.4 Å². The van der Waals surface area contributed by atoms with Crippen LogP contribution in [0.1, 0.15) is 18.5 Å². The average Bonchev–Trinajstić information content (AvgIpc) is 2.46. The van der Waals surface area contributed by atoms with Crippen molar-refractivity contribution in [1.29, 1.82) is 0 Å². The maximum Gasteiger partial charge on any atom is 0.241 e. The summed E-state index contributed by atoms with van der Waals surface area (Å²) in [5.74, 6) is -0.442. The number of sulfonamides is 1. The lowest BCUT2D eigenvalue weighted by Crippen LogP contribution is -2.27. The summed E-state index contributed by atoms with van der Waals surface area (Å²) in [5, 5.41) is 0.325. The standard InChI is InChI=1S/C15H15ClFNO3S/c1-10(11-6-7-15(21-2)14(17)8-11)18-22(19,20)13-5-3-4-12(16)9-13/h3-10,18H,1-2H3. The van der Waals surface area contributed by atoms with E-state index in [1.54, 1.807) is 25.1 Å². The number of ether oxygens (including phenoxy) is 1. The molecule has 2 aromatic rings. The second kappa shape index (κ2) is 6.64. The number of halogens is 2. The summed E-state index contributed by atoms with van der Waals surface area (Å²) in [6.07, 6.45) is 0. The Morgan fingerprint density at radius 2 is 1.95 bits per heavy atom. The Morgan fingerprint density at radius 3 is 2.55 bits per heavy atom. The number of rotatable bonds is 5. The zero-order valence-electron chi connectivity index (χ0n) is 12.0. The Hall–Kier alpha value is -1.63. The fraction of sp³-hybridized carbons (Fsp3) is 0.200. The molecule has 4 nitrogen and oxygen atoms in total. The van der Waals surface area contributed by atoms with E-state index in [0.29, 0.717) is 10.6 Å². The first kappa shape index (κ1) is 16.7. The van der Waals surface area contributed by atoms with Gasteiger partial charge in [0.1, 0.15) is 0 Å². The van der Waals surface area contributed by atoms with Crippen molar-refractivity contribution in [2.24, 2.45) is 0 Å². The van der Waals surface area contributed by atoms with Crippen LogP contribution in [0.5, 0.6) is 5.75 Å². The topological polar surface area (TPSA) is 55.4 Å². The number of methoxy groups -OCH3 is 1. The summed E-state index contributed by atoms with van der Waals surface area (Å²) in [7, 11) is -2.38. The molecule has 22 heavy (non-hydrogen) atoms. The quantitative estimate of drug-likeness (QED) is 0.903. The third-order valence-corrected chi connectivity index (χ3v) is 4.89. The molecular formula is C15H15ClFNO3S. The van der Waals surface area contributed by atoms with Gasteiger partial charge in [0.25, 0.3) is 0 Å². The van der Waals surface area contributed by atoms with Gasteiger partial charge in [0.05, 0.1) is 12.0 Å². The number of hydrogen-bond acceptors (Lipinski definition) is 3. The summed E-state index contributed by atoms with van der Waals surface area (Å²) in [4.78, 5) is 0.0563. The van der Waals surface area contributed by atoms with Gasteiger partial charge in [-0.15, -0.1) is 0 Å². The second-order valence-corrected chi connectivity index (χ2v) is 6.84. The lowest BCUT2D eigenvalue weighted by Gasteiger charge is -2.15. The van der Waals surface area contributed by atoms with Crippen LogP contribution in [0.25, 0.3) is 0 Å². The van der Waals surface area contributed by atoms with Crippen molar-refractivity contribution < 1.29 is 17.5 Å². The van der Waals surface area contributed by atoms with E-state index in [-0.39, 0.29) is 10.6 Å². The van der Waals surface area contributed by atoms with Crippen molar-refractivity contribution >= 4 is 21.6 Å². The second-order valence-electron chi connectivity index (χ2n) is 4.69. The first-order valence-corrected chi connectivity index (χ1v) is 8.31. The van der Waals surface area contributed by atoms with Crippen LogP contribution in [0.4, 0.5) is 4.39 Å². The summed E-state index contributed by atoms with van der Waals surface area (Å²) in [5.41, 5.74) is 0.490. The van der Waals surface area contributed by atoms with Crippen molar-refractivity contribution in [3.05, 3.63) is 58.9 Å². The molecule has 0 spiro atoms. The highest BCUT2D eigenvalue weighted by Crippen LogP contribution is 2.23. The number of nitrogens with one attached hydrogen (secondary N) is 1. The van der Waals surface area contributed by atoms with Gasteiger partial charge in [0.2, 0.25) is 10.0 Å². The Balaban J connectivity index is 2.24. The van der Waals surface area contributed by atoms with Gasteiger partial charge < -0.3 is 4.74 Å². The molecule has 1 atom stereocenters. The first-order chi connectivity index (χ1) is 10.3. The highest BCUT2D eigenvalue weighted by atomic mass is 35.5. The smallest absolute Gasteiger partial charge is 0.241 e. The largest absolute Gasteiger partial charge is 0.494 e. The number of benzene rings is 2. The van der Waals surface area contributed by atoms with Gasteiger partial charge >= 0.3 is 0 Å². The molecule has 0 aliphatic rings. The van der Waals surface area contributed by atoms with Crippen LogP contribution in [0.3, 0.4) is 0 Å². The van der Waals surface area contributed by atoms with E-state index in [1.165, 1.54) is 31.4 Å². The molecule has 0 amide bonds. The fourth-order valence-electron chi connectivity index (χ4n) is 1.95. The molecule has 0 fully saturated rings. The molecule has 0 aromatic heterocycles. The number of hydrogen-bond donors (Lipinski definition) is 1. The third kappa shape index (κ3) is 3.76. The molecule has 2 aromatic carbocycles. The molecule has 1 N–H and O–H groups in total. The minimum Gasteiger partial charge on any atom is -0.494 e. The predicted molar refractivity (Wildman–Crippen MR) is 83.1 cm³/mol. The molecule has 0 saturated heterocycles. The molecule has 118 valence electrons. The van der Waals surface area contributed by atoms with Gasteiger partial charge in [0.15, 0.2) is 11.6 Å². The van der Waals surface area contributed by atoms with E-state index in [2.05, 4.69) is 4.72 Å². The molecule has 0 heterocycles. The molecule has 0 aliphatic heterocycles. The van der Waals surface area contributed by atoms with Gasteiger partial charge in [-0.1, -0.05) is 23.7 Å². The summed E-state index contributed by atoms with van der Waals surface area (Å²) in [6.45, 7) is 1.63. The Bertz CT molecular complexity index is 780. The minimum absolute atomic E-state index is 0.0563. The Kier molecular flexibility index (Phi) is 5.05. The van der Waals surface area contributed by atoms with E-state index < -0.39 is 21.9 Å². The van der Waals surface area contributed by atoms with Crippen molar-refractivity contribution in [2.45, 2.75) is 17.9 Å². The van der Waals surface area contributed by atoms with Crippen molar-refractivity contribution in [1.82, 2.24) is 4.72 Å². The van der Waals surface area contributed by atoms with Crippen LogP contribution >= 0.6 is 11.6 Å². The van der Waals surface area contributed by atoms with Gasteiger partial charge in [0, 0.05) is 11.1 Å². The zero-order chi connectivity index (χ0) is 16.3. The van der Waals surface area contributed by atoms with Gasteiger partial charge in [-0.25, -0.2) is 17.5 Å². The first-order valence-electron chi connectivity index (χ1n) is 6.45. The van der Waals surface area contributed by atoms with Crippen LogP contribution in [-0.2, 0) is 10.0 Å². The van der Waals surface area contributed by atoms with E-state index in [0.717, 1.165) is 0 Å². The van der Waals surface area contributed by atoms with Crippen molar-refractivity contribution in [3.63, 3.8) is 0 Å². The van der Waals surface area contributed by atoms with E-state index in [4.69, 9.17) is 16.3 Å². The molecule has 1 unspecified atom stereocenters. The van der Waals surface area contributed by atoms with Crippen LogP contribution in [0, 0.1) is 5.82 Å². The summed E-state index contributed by atoms with van der Waals surface area (Å²) in [6, 6.07) is 9.62. The van der Waals surface area contributed by atoms with E-state index in [9.17, 15) is 12.8 Å². The van der Waals surface area contributed by atoms with Crippen molar-refractivity contribution in [2.75, 3.05) is 7.11 Å². The van der Waals surface area contributed by atoms with Gasteiger partial charge in [-0.2, -0.15) is 0 Å². The molecule has 0 aliphatic carbocycles. The van der Waals surface area contributed by atoms with E-state index in [1.807, 2.05) is 0 Å². The maximum absolute atomic E-state index is 13.7. The third-order valence-electron chi connectivity index (χ3n) is 3.11. The summed E-state index contributed by atoms with van der Waals surface area (Å²) < 4.78 is 45.6. The Morgan fingerprint density at radius 1 is 1.23 bits per heavy atom. The molecule has 0 radical (unpaired) electrons. The zero-order valence-corrected chi connectivity index (χ0v) is 13.6.